The standard InChI is InChI=1S/C16H24N2O2/c1-3-17-15(16(19)20-2)9-11-18-10-8-13-6-4-5-7-14(13)12-18/h4-7,15,17H,3,8-12H2,1-2H3. The van der Waals surface area contributed by atoms with Crippen molar-refractivity contribution >= 4 is 5.97 Å². The Balaban J connectivity index is 1.87. The monoisotopic (exact) mass is 276 g/mol. The van der Waals surface area contributed by atoms with E-state index in [1.807, 2.05) is 6.92 Å². The fourth-order valence-corrected chi connectivity index (χ4v) is 2.75. The van der Waals surface area contributed by atoms with Gasteiger partial charge in [0.25, 0.3) is 0 Å². The van der Waals surface area contributed by atoms with E-state index in [9.17, 15) is 4.79 Å². The largest absolute Gasteiger partial charge is 0.468 e. The first-order valence-electron chi connectivity index (χ1n) is 7.35. The predicted octanol–water partition coefficient (Wildman–Crippen LogP) is 1.59. The Hall–Kier alpha value is -1.39. The Morgan fingerprint density at radius 2 is 2.15 bits per heavy atom. The van der Waals surface area contributed by atoms with Crippen LogP contribution in [-0.2, 0) is 22.5 Å². The van der Waals surface area contributed by atoms with Crippen molar-refractivity contribution in [3.05, 3.63) is 35.4 Å². The summed E-state index contributed by atoms with van der Waals surface area (Å²) in [5.74, 6) is -0.163. The summed E-state index contributed by atoms with van der Waals surface area (Å²) in [5.41, 5.74) is 2.87. The fourth-order valence-electron chi connectivity index (χ4n) is 2.75. The lowest BCUT2D eigenvalue weighted by atomic mass is 9.99. The third-order valence-corrected chi connectivity index (χ3v) is 3.88. The molecule has 0 saturated heterocycles. The van der Waals surface area contributed by atoms with Crippen LogP contribution in [0.2, 0.25) is 0 Å². The van der Waals surface area contributed by atoms with Gasteiger partial charge in [0, 0.05) is 19.6 Å². The molecule has 4 nitrogen and oxygen atoms in total. The number of ether oxygens (including phenoxy) is 1. The van der Waals surface area contributed by atoms with Gasteiger partial charge in [0.15, 0.2) is 0 Å². The molecule has 1 aliphatic heterocycles. The Bertz CT molecular complexity index is 448. The number of hydrogen-bond donors (Lipinski definition) is 1. The van der Waals surface area contributed by atoms with E-state index in [-0.39, 0.29) is 12.0 Å². The number of carbonyl (C=O) groups excluding carboxylic acids is 1. The number of nitrogens with one attached hydrogen (secondary N) is 1. The normalized spacial score (nSPS) is 16.5. The van der Waals surface area contributed by atoms with Gasteiger partial charge in [-0.15, -0.1) is 0 Å². The molecule has 2 rings (SSSR count). The summed E-state index contributed by atoms with van der Waals surface area (Å²) < 4.78 is 4.84. The van der Waals surface area contributed by atoms with Crippen LogP contribution in [0.4, 0.5) is 0 Å². The zero-order chi connectivity index (χ0) is 14.4. The molecule has 1 N–H and O–H groups in total. The molecule has 110 valence electrons. The number of hydrogen-bond acceptors (Lipinski definition) is 4. The molecule has 1 atom stereocenters. The molecule has 1 aromatic rings. The second kappa shape index (κ2) is 7.41. The quantitative estimate of drug-likeness (QED) is 0.801. The van der Waals surface area contributed by atoms with Crippen molar-refractivity contribution < 1.29 is 9.53 Å². The van der Waals surface area contributed by atoms with Crippen LogP contribution in [0.3, 0.4) is 0 Å². The van der Waals surface area contributed by atoms with Crippen LogP contribution in [0.15, 0.2) is 24.3 Å². The average molecular weight is 276 g/mol. The van der Waals surface area contributed by atoms with Crippen LogP contribution in [0.5, 0.6) is 0 Å². The van der Waals surface area contributed by atoms with Gasteiger partial charge >= 0.3 is 5.97 Å². The summed E-state index contributed by atoms with van der Waals surface area (Å²) in [6.45, 7) is 5.75. The second-order valence-electron chi connectivity index (χ2n) is 5.22. The lowest BCUT2D eigenvalue weighted by Crippen LogP contribution is -2.41. The van der Waals surface area contributed by atoms with Gasteiger partial charge in [0.1, 0.15) is 6.04 Å². The first-order chi connectivity index (χ1) is 9.74. The van der Waals surface area contributed by atoms with Crippen LogP contribution in [0, 0.1) is 0 Å². The van der Waals surface area contributed by atoms with Gasteiger partial charge in [-0.3, -0.25) is 9.69 Å². The maximum Gasteiger partial charge on any atom is 0.322 e. The first kappa shape index (κ1) is 15.0. The van der Waals surface area contributed by atoms with Gasteiger partial charge < -0.3 is 10.1 Å². The summed E-state index contributed by atoms with van der Waals surface area (Å²) in [4.78, 5) is 14.1. The molecule has 0 aliphatic carbocycles. The minimum Gasteiger partial charge on any atom is -0.468 e. The molecule has 0 fully saturated rings. The molecule has 0 aromatic heterocycles. The van der Waals surface area contributed by atoms with E-state index < -0.39 is 0 Å². The molecule has 1 aliphatic rings. The summed E-state index contributed by atoms with van der Waals surface area (Å²) in [6.07, 6.45) is 1.89. The van der Waals surface area contributed by atoms with Crippen molar-refractivity contribution in [2.24, 2.45) is 0 Å². The number of rotatable bonds is 6. The van der Waals surface area contributed by atoms with Crippen LogP contribution in [0.1, 0.15) is 24.5 Å². The highest BCUT2D eigenvalue weighted by Crippen LogP contribution is 2.18. The SMILES string of the molecule is CCNC(CCN1CCc2ccccc2C1)C(=O)OC. The van der Waals surface area contributed by atoms with Crippen molar-refractivity contribution in [1.29, 1.82) is 0 Å². The van der Waals surface area contributed by atoms with Crippen molar-refractivity contribution in [2.45, 2.75) is 32.4 Å². The molecule has 1 aromatic carbocycles. The average Bonchev–Trinajstić information content (AvgIpc) is 2.50. The van der Waals surface area contributed by atoms with E-state index in [2.05, 4.69) is 34.5 Å². The third kappa shape index (κ3) is 3.81. The van der Waals surface area contributed by atoms with Gasteiger partial charge in [0.05, 0.1) is 7.11 Å². The maximum absolute atomic E-state index is 11.7. The van der Waals surface area contributed by atoms with Crippen molar-refractivity contribution in [2.75, 3.05) is 26.7 Å². The van der Waals surface area contributed by atoms with Crippen molar-refractivity contribution in [3.8, 4) is 0 Å². The number of benzene rings is 1. The molecule has 1 heterocycles. The molecule has 4 heteroatoms. The lowest BCUT2D eigenvalue weighted by Gasteiger charge is -2.29. The number of methoxy groups -OCH3 is 1. The topological polar surface area (TPSA) is 41.6 Å². The Morgan fingerprint density at radius 1 is 1.40 bits per heavy atom. The Kier molecular flexibility index (Phi) is 5.56. The van der Waals surface area contributed by atoms with E-state index in [1.54, 1.807) is 0 Å². The van der Waals surface area contributed by atoms with Crippen LogP contribution < -0.4 is 5.32 Å². The lowest BCUT2D eigenvalue weighted by molar-refractivity contribution is -0.143. The number of esters is 1. The van der Waals surface area contributed by atoms with Crippen LogP contribution in [-0.4, -0.2) is 43.7 Å². The van der Waals surface area contributed by atoms with E-state index in [1.165, 1.54) is 18.2 Å². The smallest absolute Gasteiger partial charge is 0.322 e. The number of fused-ring (bicyclic) bond motifs is 1. The molecule has 0 saturated carbocycles. The summed E-state index contributed by atoms with van der Waals surface area (Å²) in [6, 6.07) is 8.42. The highest BCUT2D eigenvalue weighted by Gasteiger charge is 2.21. The summed E-state index contributed by atoms with van der Waals surface area (Å²) in [5, 5.41) is 3.19. The van der Waals surface area contributed by atoms with Crippen LogP contribution >= 0.6 is 0 Å². The van der Waals surface area contributed by atoms with Crippen molar-refractivity contribution in [1.82, 2.24) is 10.2 Å². The summed E-state index contributed by atoms with van der Waals surface area (Å²) in [7, 11) is 1.45. The van der Waals surface area contributed by atoms with Crippen molar-refractivity contribution in [3.63, 3.8) is 0 Å². The second-order valence-corrected chi connectivity index (χ2v) is 5.22. The summed E-state index contributed by atoms with van der Waals surface area (Å²) >= 11 is 0. The molecule has 1 unspecified atom stereocenters. The molecule has 0 amide bonds. The molecular formula is C16H24N2O2. The highest BCUT2D eigenvalue weighted by molar-refractivity contribution is 5.75. The number of likely N-dealkylation sites (N-methyl/N-ethyl adjacent to an activating group) is 1. The van der Waals surface area contributed by atoms with Gasteiger partial charge in [-0.05, 0) is 30.5 Å². The predicted molar refractivity (Wildman–Crippen MR) is 79.5 cm³/mol. The minimum atomic E-state index is -0.192. The fraction of sp³-hybridized carbons (Fsp3) is 0.562. The van der Waals surface area contributed by atoms with E-state index in [0.29, 0.717) is 0 Å². The number of carbonyl (C=O) groups is 1. The Labute approximate surface area is 121 Å². The molecule has 0 bridgehead atoms. The molecular weight excluding hydrogens is 252 g/mol. The van der Waals surface area contributed by atoms with E-state index in [4.69, 9.17) is 4.74 Å². The van der Waals surface area contributed by atoms with Gasteiger partial charge in [-0.1, -0.05) is 31.2 Å². The number of nitrogens with zero attached hydrogens (tertiary/aromatic N) is 1. The maximum atomic E-state index is 11.7. The van der Waals surface area contributed by atoms with Gasteiger partial charge in [-0.25, -0.2) is 0 Å². The first-order valence-corrected chi connectivity index (χ1v) is 7.35. The zero-order valence-electron chi connectivity index (χ0n) is 12.4. The molecule has 0 radical (unpaired) electrons. The molecule has 20 heavy (non-hydrogen) atoms. The van der Waals surface area contributed by atoms with E-state index in [0.717, 1.165) is 39.0 Å². The minimum absolute atomic E-state index is 0.163. The van der Waals surface area contributed by atoms with Crippen LogP contribution in [0.25, 0.3) is 0 Å². The van der Waals surface area contributed by atoms with Gasteiger partial charge in [0.2, 0.25) is 0 Å². The third-order valence-electron chi connectivity index (χ3n) is 3.88. The van der Waals surface area contributed by atoms with E-state index >= 15 is 0 Å². The Morgan fingerprint density at radius 3 is 2.85 bits per heavy atom. The molecule has 0 spiro atoms. The highest BCUT2D eigenvalue weighted by atomic mass is 16.5. The van der Waals surface area contributed by atoms with Gasteiger partial charge in [-0.2, -0.15) is 0 Å². The zero-order valence-corrected chi connectivity index (χ0v) is 12.4.